The maximum absolute atomic E-state index is 11.6. The van der Waals surface area contributed by atoms with Crippen LogP contribution in [0.1, 0.15) is 32.4 Å². The lowest BCUT2D eigenvalue weighted by molar-refractivity contribution is -0.109. The Hall–Kier alpha value is -1.56. The third kappa shape index (κ3) is 4.90. The zero-order valence-electron chi connectivity index (χ0n) is 10.9. The number of halogens is 1. The molecular formula is C13H16BrNO4. The molecule has 1 unspecified atom stereocenters. The number of aldehydes is 1. The largest absolute Gasteiger partial charge is 0.508 e. The summed E-state index contributed by atoms with van der Waals surface area (Å²) >= 11 is 3.20. The van der Waals surface area contributed by atoms with Crippen LogP contribution in [0.25, 0.3) is 0 Å². The van der Waals surface area contributed by atoms with E-state index in [4.69, 9.17) is 4.74 Å². The molecule has 0 aliphatic carbocycles. The number of benzene rings is 1. The molecule has 6 heteroatoms. The van der Waals surface area contributed by atoms with Crippen LogP contribution in [0.3, 0.4) is 0 Å². The molecule has 1 atom stereocenters. The summed E-state index contributed by atoms with van der Waals surface area (Å²) in [7, 11) is 0. The van der Waals surface area contributed by atoms with Crippen LogP contribution in [0.15, 0.2) is 22.7 Å². The molecule has 0 aliphatic rings. The lowest BCUT2D eigenvalue weighted by atomic mass is 10.1. The molecule has 1 amide bonds. The van der Waals surface area contributed by atoms with Gasteiger partial charge in [0.25, 0.3) is 0 Å². The van der Waals surface area contributed by atoms with Crippen LogP contribution in [0.5, 0.6) is 5.75 Å². The quantitative estimate of drug-likeness (QED) is 0.836. The minimum atomic E-state index is -0.956. The number of rotatable bonds is 3. The number of aromatic hydroxyl groups is 1. The maximum atomic E-state index is 11.6. The van der Waals surface area contributed by atoms with Gasteiger partial charge in [-0.25, -0.2) is 4.79 Å². The normalized spacial score (nSPS) is 12.6. The van der Waals surface area contributed by atoms with Crippen molar-refractivity contribution in [3.63, 3.8) is 0 Å². The molecule has 0 bridgehead atoms. The molecule has 0 heterocycles. The monoisotopic (exact) mass is 329 g/mol. The van der Waals surface area contributed by atoms with E-state index >= 15 is 0 Å². The van der Waals surface area contributed by atoms with E-state index in [0.29, 0.717) is 16.3 Å². The van der Waals surface area contributed by atoms with Crippen LogP contribution in [0, 0.1) is 0 Å². The van der Waals surface area contributed by atoms with Crippen LogP contribution >= 0.6 is 15.9 Å². The van der Waals surface area contributed by atoms with Crippen molar-refractivity contribution in [3.05, 3.63) is 28.2 Å². The number of phenols is 1. The number of carbonyl (C=O) groups excluding carboxylic acids is 2. The minimum Gasteiger partial charge on any atom is -0.508 e. The van der Waals surface area contributed by atoms with E-state index in [1.54, 1.807) is 32.9 Å². The molecule has 0 saturated carbocycles. The molecule has 0 fully saturated rings. The summed E-state index contributed by atoms with van der Waals surface area (Å²) < 4.78 is 5.73. The van der Waals surface area contributed by atoms with E-state index in [1.807, 2.05) is 0 Å². The molecule has 1 aromatic rings. The topological polar surface area (TPSA) is 75.6 Å². The first-order valence-electron chi connectivity index (χ1n) is 5.66. The van der Waals surface area contributed by atoms with Crippen LogP contribution < -0.4 is 5.32 Å². The van der Waals surface area contributed by atoms with Gasteiger partial charge in [-0.1, -0.05) is 22.0 Å². The molecule has 19 heavy (non-hydrogen) atoms. The highest BCUT2D eigenvalue weighted by atomic mass is 79.9. The Bertz CT molecular complexity index is 482. The first-order valence-corrected chi connectivity index (χ1v) is 6.45. The van der Waals surface area contributed by atoms with Gasteiger partial charge in [-0.05, 0) is 32.9 Å². The highest BCUT2D eigenvalue weighted by Gasteiger charge is 2.21. The van der Waals surface area contributed by atoms with E-state index in [1.165, 1.54) is 6.07 Å². The van der Waals surface area contributed by atoms with Crippen molar-refractivity contribution in [1.82, 2.24) is 5.32 Å². The van der Waals surface area contributed by atoms with Gasteiger partial charge in [-0.2, -0.15) is 0 Å². The Morgan fingerprint density at radius 1 is 1.47 bits per heavy atom. The number of nitrogens with one attached hydrogen (secondary N) is 1. The third-order valence-electron chi connectivity index (χ3n) is 2.14. The second kappa shape index (κ2) is 6.06. The van der Waals surface area contributed by atoms with Gasteiger partial charge >= 0.3 is 6.09 Å². The van der Waals surface area contributed by atoms with Gasteiger partial charge in [0.2, 0.25) is 0 Å². The summed E-state index contributed by atoms with van der Waals surface area (Å²) in [6.45, 7) is 5.17. The predicted octanol–water partition coefficient (Wildman–Crippen LogP) is 2.92. The fourth-order valence-corrected chi connectivity index (χ4v) is 1.75. The predicted molar refractivity (Wildman–Crippen MR) is 74.0 cm³/mol. The van der Waals surface area contributed by atoms with Gasteiger partial charge in [0, 0.05) is 10.0 Å². The van der Waals surface area contributed by atoms with E-state index in [9.17, 15) is 14.7 Å². The summed E-state index contributed by atoms with van der Waals surface area (Å²) in [5.74, 6) is -0.0810. The average Bonchev–Trinajstić information content (AvgIpc) is 2.24. The number of phenolic OH excluding ortho intramolecular Hbond substituents is 1. The lowest BCUT2D eigenvalue weighted by Crippen LogP contribution is -2.35. The molecule has 0 spiro atoms. The van der Waals surface area contributed by atoms with Crippen molar-refractivity contribution >= 4 is 28.3 Å². The Balaban J connectivity index is 2.84. The van der Waals surface area contributed by atoms with Gasteiger partial charge in [-0.15, -0.1) is 0 Å². The highest BCUT2D eigenvalue weighted by Crippen LogP contribution is 2.27. The third-order valence-corrected chi connectivity index (χ3v) is 2.63. The first-order chi connectivity index (χ1) is 8.73. The molecule has 0 aromatic heterocycles. The lowest BCUT2D eigenvalue weighted by Gasteiger charge is -2.22. The number of hydrogen-bond acceptors (Lipinski definition) is 4. The molecule has 1 aromatic carbocycles. The van der Waals surface area contributed by atoms with Crippen LogP contribution in [0.2, 0.25) is 0 Å². The van der Waals surface area contributed by atoms with Crippen LogP contribution in [0.4, 0.5) is 4.79 Å². The summed E-state index contributed by atoms with van der Waals surface area (Å²) in [4.78, 5) is 22.6. The van der Waals surface area contributed by atoms with E-state index in [-0.39, 0.29) is 5.75 Å². The summed E-state index contributed by atoms with van der Waals surface area (Å²) in [5, 5.41) is 12.2. The van der Waals surface area contributed by atoms with Gasteiger partial charge in [0.05, 0.1) is 0 Å². The Kier molecular flexibility index (Phi) is 4.94. The molecule has 5 nitrogen and oxygen atoms in total. The van der Waals surface area contributed by atoms with Crippen molar-refractivity contribution in [2.75, 3.05) is 0 Å². The fourth-order valence-electron chi connectivity index (χ4n) is 1.40. The van der Waals surface area contributed by atoms with Gasteiger partial charge in [0.15, 0.2) is 0 Å². The van der Waals surface area contributed by atoms with Crippen molar-refractivity contribution < 1.29 is 19.4 Å². The second-order valence-electron chi connectivity index (χ2n) is 4.96. The summed E-state index contributed by atoms with van der Waals surface area (Å²) in [6, 6.07) is 3.71. The minimum absolute atomic E-state index is 0.0810. The number of amides is 1. The smallest absolute Gasteiger partial charge is 0.408 e. The Morgan fingerprint density at radius 3 is 2.58 bits per heavy atom. The number of alkyl carbamates (subject to hydrolysis) is 1. The number of hydrogen-bond donors (Lipinski definition) is 2. The van der Waals surface area contributed by atoms with Gasteiger partial charge < -0.3 is 20.0 Å². The number of carbonyl (C=O) groups is 2. The molecule has 0 radical (unpaired) electrons. The molecule has 104 valence electrons. The molecular weight excluding hydrogens is 314 g/mol. The van der Waals surface area contributed by atoms with E-state index in [2.05, 4.69) is 21.2 Å². The highest BCUT2D eigenvalue weighted by molar-refractivity contribution is 9.10. The summed E-state index contributed by atoms with van der Waals surface area (Å²) in [6.07, 6.45) is -0.181. The molecule has 0 aliphatic heterocycles. The number of ether oxygens (including phenoxy) is 1. The summed E-state index contributed by atoms with van der Waals surface area (Å²) in [5.41, 5.74) is -0.344. The Morgan fingerprint density at radius 2 is 2.11 bits per heavy atom. The average molecular weight is 330 g/mol. The fraction of sp³-hybridized carbons (Fsp3) is 0.385. The zero-order valence-corrected chi connectivity index (χ0v) is 12.5. The zero-order chi connectivity index (χ0) is 14.6. The van der Waals surface area contributed by atoms with Crippen molar-refractivity contribution in [2.24, 2.45) is 0 Å². The standard InChI is InChI=1S/C13H16BrNO4/c1-13(2,3)19-12(18)15-10(7-16)9-5-4-8(14)6-11(9)17/h4-7,10,17H,1-3H3,(H,15,18). The Labute approximate surface area is 120 Å². The SMILES string of the molecule is CC(C)(C)OC(=O)NC(C=O)c1ccc(Br)cc1O. The molecule has 2 N–H and O–H groups in total. The van der Waals surface area contributed by atoms with Crippen molar-refractivity contribution in [1.29, 1.82) is 0 Å². The van der Waals surface area contributed by atoms with Gasteiger partial charge in [0.1, 0.15) is 23.7 Å². The van der Waals surface area contributed by atoms with Crippen LogP contribution in [-0.4, -0.2) is 23.1 Å². The molecule has 0 saturated heterocycles. The van der Waals surface area contributed by atoms with Crippen LogP contribution in [-0.2, 0) is 9.53 Å². The molecule has 1 rings (SSSR count). The van der Waals surface area contributed by atoms with E-state index < -0.39 is 17.7 Å². The first kappa shape index (κ1) is 15.5. The second-order valence-corrected chi connectivity index (χ2v) is 5.88. The van der Waals surface area contributed by atoms with Crippen molar-refractivity contribution in [3.8, 4) is 5.75 Å². The van der Waals surface area contributed by atoms with Crippen molar-refractivity contribution in [2.45, 2.75) is 32.4 Å². The maximum Gasteiger partial charge on any atom is 0.408 e. The van der Waals surface area contributed by atoms with Gasteiger partial charge in [-0.3, -0.25) is 0 Å². The van der Waals surface area contributed by atoms with E-state index in [0.717, 1.165) is 0 Å².